The fourth-order valence-electron chi connectivity index (χ4n) is 0.793. The third-order valence-corrected chi connectivity index (χ3v) is 2.59. The third kappa shape index (κ3) is 1.38. The second-order valence-electron chi connectivity index (χ2n) is 2.13. The Hall–Kier alpha value is 0.0700. The molecule has 0 aromatic heterocycles. The topological polar surface area (TPSA) is 0 Å². The fraction of sp³-hybridized carbons (Fsp3) is 1.00. The minimum atomic E-state index is -2.73. The summed E-state index contributed by atoms with van der Waals surface area (Å²) in [6, 6.07) is 0. The first-order valence-corrected chi connectivity index (χ1v) is 3.85. The van der Waals surface area contributed by atoms with Crippen LogP contribution in [-0.4, -0.2) is 23.9 Å². The molecule has 3 unspecified atom stereocenters. The molecule has 3 atom stereocenters. The Kier molecular flexibility index (Phi) is 2.44. The molecule has 0 amide bonds. The summed E-state index contributed by atoms with van der Waals surface area (Å²) in [6.45, 7) is 0. The maximum atomic E-state index is 12.4. The summed E-state index contributed by atoms with van der Waals surface area (Å²) in [5, 5.41) is 0. The zero-order valence-corrected chi connectivity index (χ0v) is 5.75. The van der Waals surface area contributed by atoms with Crippen molar-refractivity contribution in [2.75, 3.05) is 5.75 Å². The van der Waals surface area contributed by atoms with Gasteiger partial charge in [0, 0.05) is 5.75 Å². The predicted molar refractivity (Wildman–Crippen MR) is 31.7 cm³/mol. The molecule has 5 heteroatoms. The molecule has 60 valence electrons. The van der Waals surface area contributed by atoms with Gasteiger partial charge in [0.05, 0.1) is 5.92 Å². The molecular formula is C5H6F4S. The molecule has 10 heavy (non-hydrogen) atoms. The first-order valence-electron chi connectivity index (χ1n) is 2.81. The first kappa shape index (κ1) is 8.17. The molecule has 0 aliphatic carbocycles. The van der Waals surface area contributed by atoms with E-state index in [0.717, 1.165) is 0 Å². The standard InChI is InChI=1S/C5H6F4S/c6-3-2(4(7)8)1-10-5(3)9/h2-5H,1H2. The van der Waals surface area contributed by atoms with Gasteiger partial charge >= 0.3 is 0 Å². The highest BCUT2D eigenvalue weighted by Gasteiger charge is 2.42. The average Bonchev–Trinajstić information content (AvgIpc) is 2.14. The van der Waals surface area contributed by atoms with Crippen molar-refractivity contribution in [2.45, 2.75) is 18.1 Å². The molecule has 0 saturated carbocycles. The van der Waals surface area contributed by atoms with Gasteiger partial charge in [-0.1, -0.05) is 0 Å². The molecule has 0 aromatic carbocycles. The Balaban J connectivity index is 2.49. The average molecular weight is 174 g/mol. The van der Waals surface area contributed by atoms with Crippen LogP contribution >= 0.6 is 11.8 Å². The molecule has 0 aromatic rings. The van der Waals surface area contributed by atoms with Gasteiger partial charge in [-0.25, -0.2) is 17.6 Å². The van der Waals surface area contributed by atoms with Crippen molar-refractivity contribution in [1.29, 1.82) is 0 Å². The first-order chi connectivity index (χ1) is 4.63. The molecule has 0 radical (unpaired) electrons. The van der Waals surface area contributed by atoms with E-state index < -0.39 is 24.0 Å². The molecule has 1 aliphatic rings. The van der Waals surface area contributed by atoms with Gasteiger partial charge in [-0.15, -0.1) is 11.8 Å². The molecule has 1 saturated heterocycles. The molecule has 0 spiro atoms. The number of thioether (sulfide) groups is 1. The van der Waals surface area contributed by atoms with E-state index in [9.17, 15) is 17.6 Å². The third-order valence-electron chi connectivity index (χ3n) is 1.43. The van der Waals surface area contributed by atoms with E-state index in [-0.39, 0.29) is 5.75 Å². The van der Waals surface area contributed by atoms with Crippen LogP contribution in [0.1, 0.15) is 0 Å². The zero-order valence-electron chi connectivity index (χ0n) is 4.94. The van der Waals surface area contributed by atoms with Crippen molar-refractivity contribution < 1.29 is 17.6 Å². The van der Waals surface area contributed by atoms with Crippen molar-refractivity contribution >= 4 is 11.8 Å². The highest BCUT2D eigenvalue weighted by atomic mass is 32.2. The van der Waals surface area contributed by atoms with Gasteiger partial charge < -0.3 is 0 Å². The van der Waals surface area contributed by atoms with Crippen LogP contribution in [-0.2, 0) is 0 Å². The number of hydrogen-bond donors (Lipinski definition) is 0. The Morgan fingerprint density at radius 1 is 1.30 bits per heavy atom. The SMILES string of the molecule is FC(F)C1CSC(F)C1F. The van der Waals surface area contributed by atoms with E-state index >= 15 is 0 Å². The molecule has 0 N–H and O–H groups in total. The minimum absolute atomic E-state index is 0.111. The maximum absolute atomic E-state index is 12.4. The van der Waals surface area contributed by atoms with Gasteiger partial charge in [0.2, 0.25) is 6.43 Å². The largest absolute Gasteiger partial charge is 0.245 e. The molecule has 1 heterocycles. The maximum Gasteiger partial charge on any atom is 0.245 e. The molecule has 1 aliphatic heterocycles. The molecule has 0 nitrogen and oxygen atoms in total. The quantitative estimate of drug-likeness (QED) is 0.549. The van der Waals surface area contributed by atoms with Crippen molar-refractivity contribution in [1.82, 2.24) is 0 Å². The molecular weight excluding hydrogens is 168 g/mol. The molecule has 1 fully saturated rings. The summed E-state index contributed by atoms with van der Waals surface area (Å²) >= 11 is 0.620. The number of halogens is 4. The smallest absolute Gasteiger partial charge is 0.243 e. The van der Waals surface area contributed by atoms with Crippen LogP contribution in [0.15, 0.2) is 0 Å². The summed E-state index contributed by atoms with van der Waals surface area (Å²) < 4.78 is 48.0. The Morgan fingerprint density at radius 3 is 2.10 bits per heavy atom. The Morgan fingerprint density at radius 2 is 1.90 bits per heavy atom. The number of hydrogen-bond acceptors (Lipinski definition) is 1. The lowest BCUT2D eigenvalue weighted by Gasteiger charge is -2.09. The lowest BCUT2D eigenvalue weighted by Crippen LogP contribution is -2.23. The van der Waals surface area contributed by atoms with Gasteiger partial charge in [-0.05, 0) is 0 Å². The molecule has 1 rings (SSSR count). The minimum Gasteiger partial charge on any atom is -0.243 e. The highest BCUT2D eigenvalue weighted by molar-refractivity contribution is 8.00. The van der Waals surface area contributed by atoms with Gasteiger partial charge in [0.15, 0.2) is 5.50 Å². The van der Waals surface area contributed by atoms with E-state index in [0.29, 0.717) is 11.8 Å². The van der Waals surface area contributed by atoms with Crippen LogP contribution in [0.5, 0.6) is 0 Å². The summed E-state index contributed by atoms with van der Waals surface area (Å²) in [5.41, 5.74) is -1.75. The van der Waals surface area contributed by atoms with Crippen LogP contribution in [0.2, 0.25) is 0 Å². The van der Waals surface area contributed by atoms with Crippen molar-refractivity contribution in [2.24, 2.45) is 5.92 Å². The van der Waals surface area contributed by atoms with E-state index in [1.807, 2.05) is 0 Å². The van der Waals surface area contributed by atoms with E-state index in [1.54, 1.807) is 0 Å². The summed E-state index contributed by atoms with van der Waals surface area (Å²) in [5.74, 6) is -1.51. The van der Waals surface area contributed by atoms with Crippen LogP contribution in [0, 0.1) is 5.92 Å². The van der Waals surface area contributed by atoms with Crippen LogP contribution in [0.25, 0.3) is 0 Å². The van der Waals surface area contributed by atoms with Crippen molar-refractivity contribution in [3.63, 3.8) is 0 Å². The van der Waals surface area contributed by atoms with E-state index in [1.165, 1.54) is 0 Å². The Labute approximate surface area is 60.0 Å². The highest BCUT2D eigenvalue weighted by Crippen LogP contribution is 2.37. The van der Waals surface area contributed by atoms with Gasteiger partial charge in [0.1, 0.15) is 6.17 Å². The Bertz CT molecular complexity index is 118. The van der Waals surface area contributed by atoms with Crippen LogP contribution in [0.4, 0.5) is 17.6 Å². The molecule has 0 bridgehead atoms. The number of rotatable bonds is 1. The van der Waals surface area contributed by atoms with Crippen LogP contribution in [0.3, 0.4) is 0 Å². The summed E-state index contributed by atoms with van der Waals surface area (Å²) in [7, 11) is 0. The van der Waals surface area contributed by atoms with E-state index in [4.69, 9.17) is 0 Å². The van der Waals surface area contributed by atoms with Crippen molar-refractivity contribution in [3.05, 3.63) is 0 Å². The van der Waals surface area contributed by atoms with Gasteiger partial charge in [-0.2, -0.15) is 0 Å². The van der Waals surface area contributed by atoms with E-state index in [2.05, 4.69) is 0 Å². The monoisotopic (exact) mass is 174 g/mol. The number of alkyl halides is 4. The lowest BCUT2D eigenvalue weighted by atomic mass is 10.1. The van der Waals surface area contributed by atoms with Gasteiger partial charge in [0.25, 0.3) is 0 Å². The normalized spacial score (nSPS) is 41.1. The van der Waals surface area contributed by atoms with Gasteiger partial charge in [-0.3, -0.25) is 0 Å². The predicted octanol–water partition coefficient (Wildman–Crippen LogP) is 2.25. The summed E-state index contributed by atoms with van der Waals surface area (Å²) in [4.78, 5) is 0. The van der Waals surface area contributed by atoms with Crippen molar-refractivity contribution in [3.8, 4) is 0 Å². The zero-order chi connectivity index (χ0) is 7.72. The lowest BCUT2D eigenvalue weighted by molar-refractivity contribution is 0.0350. The fourth-order valence-corrected chi connectivity index (χ4v) is 1.91. The summed E-state index contributed by atoms with van der Waals surface area (Å²) in [6.07, 6.45) is -4.71. The second kappa shape index (κ2) is 2.98. The second-order valence-corrected chi connectivity index (χ2v) is 3.24. The van der Waals surface area contributed by atoms with Crippen LogP contribution < -0.4 is 0 Å².